The van der Waals surface area contributed by atoms with Gasteiger partial charge in [0.25, 0.3) is 0 Å². The largest absolute Gasteiger partial charge is 2.00 e. The number of ether oxygens (including phenoxy) is 8. The molecule has 0 radical (unpaired) electrons. The van der Waals surface area contributed by atoms with Crippen LogP contribution in [-0.4, -0.2) is 199 Å². The van der Waals surface area contributed by atoms with Gasteiger partial charge >= 0.3 is 19.5 Å². The van der Waals surface area contributed by atoms with Crippen molar-refractivity contribution in [3.05, 3.63) is 243 Å². The minimum absolute atomic E-state index is 0. The van der Waals surface area contributed by atoms with Gasteiger partial charge in [-0.25, -0.2) is 9.97 Å². The molecule has 8 bridgehead atoms. The Morgan fingerprint density at radius 3 is 0.438 bits per heavy atom. The Labute approximate surface area is 952 Å². The van der Waals surface area contributed by atoms with Gasteiger partial charge < -0.3 is 260 Å². The third kappa shape index (κ3) is 26.2. The quantitative estimate of drug-likeness (QED) is 0.0371. The van der Waals surface area contributed by atoms with Crippen LogP contribution in [0.1, 0.15) is 0 Å². The summed E-state index contributed by atoms with van der Waals surface area (Å²) >= 11 is 0. The van der Waals surface area contributed by atoms with Crippen molar-refractivity contribution in [1.82, 2.24) is 75.7 Å². The third-order valence-corrected chi connectivity index (χ3v) is 22.5. The van der Waals surface area contributed by atoms with E-state index >= 15 is 0 Å². The van der Waals surface area contributed by atoms with Gasteiger partial charge in [0.2, 0.25) is 0 Å². The summed E-state index contributed by atoms with van der Waals surface area (Å²) in [6.07, 6.45) is 0. The average molecular weight is 2790 g/mol. The van der Waals surface area contributed by atoms with E-state index in [0.29, 0.717) is 172 Å². The summed E-state index contributed by atoms with van der Waals surface area (Å²) in [5.41, 5.74) is 11.1. The third-order valence-electron chi connectivity index (χ3n) is 22.5. The van der Waals surface area contributed by atoms with E-state index in [-0.39, 0.29) is 257 Å². The second-order valence-corrected chi connectivity index (χ2v) is 39.8. The molecule has 2 aliphatic rings. The minimum atomic E-state index is 0. The number of hydrogen-bond acceptors (Lipinski definition) is 14. The van der Waals surface area contributed by atoms with Crippen molar-refractivity contribution in [1.29, 1.82) is 0 Å². The zero-order chi connectivity index (χ0) is 90.7. The van der Waals surface area contributed by atoms with Crippen LogP contribution >= 0.6 is 0 Å². The van der Waals surface area contributed by atoms with E-state index in [4.69, 9.17) is 77.8 Å². The molecule has 0 spiro atoms. The van der Waals surface area contributed by atoms with Crippen molar-refractivity contribution < 1.29 is 249 Å². The van der Waals surface area contributed by atoms with Crippen molar-refractivity contribution in [3.63, 3.8) is 0 Å². The molecular formula is C104H112I8N16O8Zn. The van der Waals surface area contributed by atoms with Crippen LogP contribution < -0.4 is 276 Å². The van der Waals surface area contributed by atoms with Crippen molar-refractivity contribution in [2.24, 2.45) is 0 Å². The Bertz CT molecular complexity index is 6310. The number of quaternary nitrogens is 8. The van der Waals surface area contributed by atoms with Crippen LogP contribution in [0.4, 0.5) is 45.5 Å². The molecule has 24 nitrogen and oxygen atoms in total. The molecule has 33 heteroatoms. The van der Waals surface area contributed by atoms with Crippen molar-refractivity contribution in [3.8, 4) is 138 Å². The van der Waals surface area contributed by atoms with Crippen LogP contribution in [0.15, 0.2) is 243 Å². The zero-order valence-corrected chi connectivity index (χ0v) is 101. The maximum atomic E-state index is 7.18. The Kier molecular flexibility index (Phi) is 37.4. The predicted molar refractivity (Wildman–Crippen MR) is 523 cm³/mol. The first-order chi connectivity index (χ1) is 60.3. The molecule has 0 amide bonds. The van der Waals surface area contributed by atoms with Gasteiger partial charge in [-0.1, -0.05) is 48.5 Å². The first-order valence-corrected chi connectivity index (χ1v) is 42.6. The molecule has 0 N–H and O–H groups in total. The second-order valence-electron chi connectivity index (χ2n) is 39.8. The SMILES string of the molecule is C[N+](C)(C)c1cccc(Oc2cc3c(cc2Oc2cccc([N+](C)(C)C)c2)-c2nc-3nc3[n-]c(nc4nc(nc5[n-]c(n2)c2cc(Oc6cccc([N+](C)(C)C)c6)c(Oc6cccc([N+](C)(C)C)c6)cc52)-c2cc(Oc5cccc([N+](C)(C)C)c5)c(Oc5cccc([N+](C)(C)C)c5)cc2-4)c2cc(Oc4cccc([N+](C)(C)C)c4)c(Oc4cccc([N+](C)(C)C)c4)cc32)c1.[I-].[I-].[I-].[I-].[I-].[I-].[I-].[I-].[Zn+2]. The van der Waals surface area contributed by atoms with E-state index in [0.717, 1.165) is 45.5 Å². The number of halogens is 8. The minimum Gasteiger partial charge on any atom is -1.00 e. The topological polar surface area (TPSA) is 179 Å². The van der Waals surface area contributed by atoms with Crippen molar-refractivity contribution in [2.75, 3.05) is 169 Å². The van der Waals surface area contributed by atoms with E-state index in [1.807, 2.05) is 194 Å². The maximum Gasteiger partial charge on any atom is 2.00 e. The predicted octanol–water partition coefficient (Wildman–Crippen LogP) is -1.93. The summed E-state index contributed by atoms with van der Waals surface area (Å²) in [5.74, 6) is 8.33. The molecule has 0 aliphatic carbocycles. The molecule has 5 heterocycles. The second kappa shape index (κ2) is 44.6. The van der Waals surface area contributed by atoms with E-state index in [2.05, 4.69) is 218 Å². The van der Waals surface area contributed by atoms with Gasteiger partial charge in [0.05, 0.1) is 192 Å². The number of benzene rings is 12. The average Bonchev–Trinajstić information content (AvgIpc) is 1.58. The van der Waals surface area contributed by atoms with Gasteiger partial charge in [-0.2, -0.15) is 0 Å². The molecule has 2 aliphatic heterocycles. The number of rotatable bonds is 24. The van der Waals surface area contributed by atoms with Gasteiger partial charge in [-0.3, -0.25) is 35.9 Å². The van der Waals surface area contributed by atoms with E-state index in [1.54, 1.807) is 0 Å². The summed E-state index contributed by atoms with van der Waals surface area (Å²) in [4.78, 5) is 45.0. The number of hydrogen-bond donors (Lipinski definition) is 0. The van der Waals surface area contributed by atoms with Gasteiger partial charge in [-0.05, 0) is 167 Å². The molecule has 12 aromatic carbocycles. The van der Waals surface area contributed by atoms with Gasteiger partial charge in [0.15, 0.2) is 46.0 Å². The van der Waals surface area contributed by atoms with E-state index in [1.165, 1.54) is 0 Å². The first-order valence-electron chi connectivity index (χ1n) is 42.6. The Hall–Kier alpha value is -7.46. The van der Waals surface area contributed by atoms with Gasteiger partial charge in [0, 0.05) is 93.4 Å². The molecular weight excluding hydrogens is 2680 g/mol. The molecule has 0 fully saturated rings. The van der Waals surface area contributed by atoms with Crippen LogP contribution in [0, 0.1) is 0 Å². The molecule has 0 unspecified atom stereocenters. The summed E-state index contributed by atoms with van der Waals surface area (Å²) in [6.45, 7) is 0. The van der Waals surface area contributed by atoms with Gasteiger partial charge in [-0.15, -0.1) is 0 Å². The molecule has 15 aromatic rings. The molecule has 0 saturated heterocycles. The van der Waals surface area contributed by atoms with Crippen LogP contribution in [-0.2, 0) is 19.5 Å². The fraction of sp³-hybridized carbons (Fsp3) is 0.231. The molecule has 0 saturated carbocycles. The first kappa shape index (κ1) is 115. The summed E-state index contributed by atoms with van der Waals surface area (Å²) < 4.78 is 61.7. The van der Waals surface area contributed by atoms with E-state index in [9.17, 15) is 0 Å². The fourth-order valence-corrected chi connectivity index (χ4v) is 15.1. The molecule has 3 aromatic heterocycles. The van der Waals surface area contributed by atoms with Gasteiger partial charge in [0.1, 0.15) is 91.5 Å². The monoisotopic (exact) mass is 2790 g/mol. The smallest absolute Gasteiger partial charge is 1.00 e. The van der Waals surface area contributed by atoms with Crippen molar-refractivity contribution >= 4 is 89.6 Å². The van der Waals surface area contributed by atoms with E-state index < -0.39 is 0 Å². The Morgan fingerprint density at radius 2 is 0.307 bits per heavy atom. The Balaban J connectivity index is 0.00000256. The van der Waals surface area contributed by atoms with Crippen LogP contribution in [0.5, 0.6) is 92.0 Å². The van der Waals surface area contributed by atoms with Crippen molar-refractivity contribution in [2.45, 2.75) is 0 Å². The maximum absolute atomic E-state index is 7.18. The summed E-state index contributed by atoms with van der Waals surface area (Å²) in [7, 11) is 50.8. The van der Waals surface area contributed by atoms with Crippen LogP contribution in [0.25, 0.3) is 89.7 Å². The summed E-state index contributed by atoms with van der Waals surface area (Å²) in [6, 6.07) is 79.7. The normalized spacial score (nSPS) is 11.9. The van der Waals surface area contributed by atoms with Crippen LogP contribution in [0.2, 0.25) is 0 Å². The summed E-state index contributed by atoms with van der Waals surface area (Å²) in [5, 5.41) is 2.12. The number of nitrogens with zero attached hydrogens (tertiary/aromatic N) is 16. The Morgan fingerprint density at radius 1 is 0.175 bits per heavy atom. The molecule has 137 heavy (non-hydrogen) atoms. The standard InChI is InChI=1S/C104H112N16O8.8HI.Zn/c1-113(2,3)65-33-25-41-73(49-65)121-89-57-81-82(58-90(89)122-74-42-26-34-66(50-74)114(4,5)6)98-105-97(81)109-99-83-59-91(123-75-43-27-35-67(51-75)115(7,8)9)92(124-76-44-28-36-68(52-76)116(10,11)12)60-84(83)101(106-99)111-103-87-63-95(127-79-47-31-39-71(55-79)119(19,20)21)96(128-80-48-32-40-72(56-80)120(22,23)24)64-88(87)104(108-103)112-102-86-62-94(126-78-46-30-38-70(54-78)118(16,17)18)93(61-85(86)100(107-102)110-98)125-77-45-29-37-69(53-77)117(13,14)15;;;;;;;;;/h25-64H,1-24H3;8*1H;/q+6;;;;;;;;;+2/p-8. The fourth-order valence-electron chi connectivity index (χ4n) is 15.1. The van der Waals surface area contributed by atoms with Crippen LogP contribution in [0.3, 0.4) is 0 Å². The molecule has 17 rings (SSSR count). The number of fused-ring (bicyclic) bond motifs is 20. The zero-order valence-electron chi connectivity index (χ0n) is 81.2. The number of aromatic nitrogens is 8. The molecule has 714 valence electrons. The molecule has 0 atom stereocenters.